The van der Waals surface area contributed by atoms with Crippen LogP contribution >= 0.6 is 0 Å². The first-order chi connectivity index (χ1) is 4.63. The van der Waals surface area contributed by atoms with Gasteiger partial charge < -0.3 is 10.2 Å². The molecule has 3 heteroatoms. The predicted octanol–water partition coefficient (Wildman–Crippen LogP) is 0.0973. The minimum Gasteiger partial charge on any atom is -0.385 e. The Bertz CT molecular complexity index is 99.4. The van der Waals surface area contributed by atoms with Crippen molar-refractivity contribution >= 4 is 5.78 Å². The van der Waals surface area contributed by atoms with Gasteiger partial charge in [-0.15, -0.1) is 0 Å². The fourth-order valence-electron chi connectivity index (χ4n) is 0.624. The molecule has 0 aliphatic heterocycles. The zero-order valence-corrected chi connectivity index (χ0v) is 6.37. The van der Waals surface area contributed by atoms with Crippen molar-refractivity contribution in [3.05, 3.63) is 0 Å². The number of carbonyl (C=O) groups excluding carboxylic acids is 1. The molecule has 2 N–H and O–H groups in total. The molecule has 0 saturated heterocycles. The molecule has 60 valence electrons. The van der Waals surface area contributed by atoms with Crippen LogP contribution in [0.5, 0.6) is 0 Å². The van der Waals surface area contributed by atoms with Crippen molar-refractivity contribution < 1.29 is 15.0 Å². The van der Waals surface area contributed by atoms with E-state index in [0.717, 1.165) is 0 Å². The van der Waals surface area contributed by atoms with Crippen LogP contribution in [-0.4, -0.2) is 28.2 Å². The van der Waals surface area contributed by atoms with Gasteiger partial charge in [-0.25, -0.2) is 0 Å². The molecule has 0 aromatic carbocycles. The van der Waals surface area contributed by atoms with E-state index in [1.165, 1.54) is 0 Å². The second-order valence-electron chi connectivity index (χ2n) is 2.25. The summed E-state index contributed by atoms with van der Waals surface area (Å²) >= 11 is 0. The molecular formula is C7H14O3. The van der Waals surface area contributed by atoms with Gasteiger partial charge in [0.1, 0.15) is 12.2 Å². The highest BCUT2D eigenvalue weighted by Crippen LogP contribution is 1.99. The average molecular weight is 146 g/mol. The van der Waals surface area contributed by atoms with Crippen molar-refractivity contribution in [1.82, 2.24) is 0 Å². The third-order valence-corrected chi connectivity index (χ3v) is 1.43. The molecule has 0 aliphatic rings. The molecule has 0 rings (SSSR count). The summed E-state index contributed by atoms with van der Waals surface area (Å²) in [4.78, 5) is 10.8. The number of rotatable bonds is 4. The summed E-state index contributed by atoms with van der Waals surface area (Å²) in [6, 6.07) is 0. The van der Waals surface area contributed by atoms with Gasteiger partial charge in [-0.05, 0) is 12.8 Å². The number of hydrogen-bond donors (Lipinski definition) is 2. The first kappa shape index (κ1) is 9.59. The van der Waals surface area contributed by atoms with Crippen LogP contribution in [0.2, 0.25) is 0 Å². The normalized spacial score (nSPS) is 16.4. The molecule has 0 radical (unpaired) electrons. The van der Waals surface area contributed by atoms with Gasteiger partial charge in [-0.2, -0.15) is 0 Å². The maximum atomic E-state index is 10.8. The van der Waals surface area contributed by atoms with Crippen LogP contribution in [0.25, 0.3) is 0 Å². The zero-order valence-electron chi connectivity index (χ0n) is 6.37. The van der Waals surface area contributed by atoms with Crippen molar-refractivity contribution in [2.24, 2.45) is 0 Å². The van der Waals surface area contributed by atoms with Crippen molar-refractivity contribution in [2.45, 2.75) is 38.9 Å². The standard InChI is InChI=1S/C7H14O3/c1-3-5(8)7(10)6(9)4-2/h5-6,8-9H,3-4H2,1-2H3. The summed E-state index contributed by atoms with van der Waals surface area (Å²) in [5, 5.41) is 17.8. The molecule has 0 aliphatic carbocycles. The van der Waals surface area contributed by atoms with Crippen LogP contribution in [0.1, 0.15) is 26.7 Å². The number of ketones is 1. The van der Waals surface area contributed by atoms with Crippen molar-refractivity contribution in [1.29, 1.82) is 0 Å². The Labute approximate surface area is 60.7 Å². The second kappa shape index (κ2) is 4.41. The third kappa shape index (κ3) is 2.45. The van der Waals surface area contributed by atoms with Crippen molar-refractivity contribution in [3.8, 4) is 0 Å². The smallest absolute Gasteiger partial charge is 0.189 e. The first-order valence-electron chi connectivity index (χ1n) is 3.53. The van der Waals surface area contributed by atoms with E-state index >= 15 is 0 Å². The number of Topliss-reactive ketones (excluding diaryl/α,β-unsaturated/α-hetero) is 1. The number of aliphatic hydroxyl groups excluding tert-OH is 2. The van der Waals surface area contributed by atoms with Gasteiger partial charge in [0.2, 0.25) is 0 Å². The fourth-order valence-corrected chi connectivity index (χ4v) is 0.624. The molecule has 2 unspecified atom stereocenters. The molecule has 0 fully saturated rings. The summed E-state index contributed by atoms with van der Waals surface area (Å²) in [5.74, 6) is -0.468. The lowest BCUT2D eigenvalue weighted by molar-refractivity contribution is -0.135. The SMILES string of the molecule is CCC(O)C(=O)C(O)CC. The molecule has 0 spiro atoms. The van der Waals surface area contributed by atoms with Gasteiger partial charge in [0.15, 0.2) is 5.78 Å². The lowest BCUT2D eigenvalue weighted by Crippen LogP contribution is -2.30. The van der Waals surface area contributed by atoms with Crippen LogP contribution in [0.4, 0.5) is 0 Å². The van der Waals surface area contributed by atoms with Gasteiger partial charge >= 0.3 is 0 Å². The monoisotopic (exact) mass is 146 g/mol. The topological polar surface area (TPSA) is 57.5 Å². The first-order valence-corrected chi connectivity index (χ1v) is 3.53. The zero-order chi connectivity index (χ0) is 8.15. The van der Waals surface area contributed by atoms with E-state index in [2.05, 4.69) is 0 Å². The highest BCUT2D eigenvalue weighted by molar-refractivity contribution is 5.86. The molecule has 0 aromatic rings. The number of aliphatic hydroxyl groups is 2. The maximum Gasteiger partial charge on any atom is 0.189 e. The Morgan fingerprint density at radius 1 is 1.20 bits per heavy atom. The Morgan fingerprint density at radius 3 is 1.70 bits per heavy atom. The summed E-state index contributed by atoms with van der Waals surface area (Å²) in [5.41, 5.74) is 0. The Hall–Kier alpha value is -0.410. The summed E-state index contributed by atoms with van der Waals surface area (Å²) in [7, 11) is 0. The predicted molar refractivity (Wildman–Crippen MR) is 37.6 cm³/mol. The van der Waals surface area contributed by atoms with Gasteiger partial charge in [-0.3, -0.25) is 4.79 Å². The second-order valence-corrected chi connectivity index (χ2v) is 2.25. The lowest BCUT2D eigenvalue weighted by Gasteiger charge is -2.10. The highest BCUT2D eigenvalue weighted by atomic mass is 16.3. The fraction of sp³-hybridized carbons (Fsp3) is 0.857. The van der Waals surface area contributed by atoms with E-state index in [-0.39, 0.29) is 0 Å². The molecule has 3 nitrogen and oxygen atoms in total. The van der Waals surface area contributed by atoms with Gasteiger partial charge in [0.05, 0.1) is 0 Å². The maximum absolute atomic E-state index is 10.8. The molecular weight excluding hydrogens is 132 g/mol. The number of hydrogen-bond acceptors (Lipinski definition) is 3. The van der Waals surface area contributed by atoms with Gasteiger partial charge in [-0.1, -0.05) is 13.8 Å². The summed E-state index contributed by atoms with van der Waals surface area (Å²) < 4.78 is 0. The summed E-state index contributed by atoms with van der Waals surface area (Å²) in [6.45, 7) is 3.40. The van der Waals surface area contributed by atoms with Crippen molar-refractivity contribution in [2.75, 3.05) is 0 Å². The van der Waals surface area contributed by atoms with E-state index in [4.69, 9.17) is 10.2 Å². The van der Waals surface area contributed by atoms with Crippen LogP contribution in [0.3, 0.4) is 0 Å². The Kier molecular flexibility index (Phi) is 4.23. The minimum absolute atomic E-state index is 0.371. The van der Waals surface area contributed by atoms with E-state index in [1.54, 1.807) is 13.8 Å². The van der Waals surface area contributed by atoms with Crippen LogP contribution in [-0.2, 0) is 4.79 Å². The van der Waals surface area contributed by atoms with Gasteiger partial charge in [0.25, 0.3) is 0 Å². The molecule has 0 aromatic heterocycles. The molecule has 0 saturated carbocycles. The van der Waals surface area contributed by atoms with E-state index in [9.17, 15) is 4.79 Å². The molecule has 0 bridgehead atoms. The Balaban J connectivity index is 3.82. The van der Waals surface area contributed by atoms with Crippen molar-refractivity contribution in [3.63, 3.8) is 0 Å². The van der Waals surface area contributed by atoms with E-state index in [0.29, 0.717) is 12.8 Å². The number of carbonyl (C=O) groups is 1. The largest absolute Gasteiger partial charge is 0.385 e. The highest BCUT2D eigenvalue weighted by Gasteiger charge is 2.19. The van der Waals surface area contributed by atoms with Crippen LogP contribution < -0.4 is 0 Å². The van der Waals surface area contributed by atoms with Gasteiger partial charge in [0, 0.05) is 0 Å². The minimum atomic E-state index is -0.991. The van der Waals surface area contributed by atoms with Crippen LogP contribution in [0, 0.1) is 0 Å². The third-order valence-electron chi connectivity index (χ3n) is 1.43. The molecule has 0 amide bonds. The quantitative estimate of drug-likeness (QED) is 0.591. The molecule has 2 atom stereocenters. The van der Waals surface area contributed by atoms with Crippen LogP contribution in [0.15, 0.2) is 0 Å². The summed E-state index contributed by atoms with van der Waals surface area (Å²) in [6.07, 6.45) is -1.24. The molecule has 10 heavy (non-hydrogen) atoms. The van der Waals surface area contributed by atoms with E-state index < -0.39 is 18.0 Å². The van der Waals surface area contributed by atoms with E-state index in [1.807, 2.05) is 0 Å². The Morgan fingerprint density at radius 2 is 1.50 bits per heavy atom. The average Bonchev–Trinajstić information content (AvgIpc) is 2.00. The molecule has 0 heterocycles. The lowest BCUT2D eigenvalue weighted by atomic mass is 10.1.